The van der Waals surface area contributed by atoms with Gasteiger partial charge >= 0.3 is 5.97 Å². The van der Waals surface area contributed by atoms with E-state index >= 15 is 0 Å². The normalized spacial score (nSPS) is 10.3. The molecule has 0 saturated carbocycles. The molecule has 0 fully saturated rings. The highest BCUT2D eigenvalue weighted by atomic mass is 16.5. The summed E-state index contributed by atoms with van der Waals surface area (Å²) in [7, 11) is 0. The van der Waals surface area contributed by atoms with Gasteiger partial charge in [0.05, 0.1) is 6.61 Å². The van der Waals surface area contributed by atoms with E-state index in [1.807, 2.05) is 44.2 Å². The number of nitriles is 1. The van der Waals surface area contributed by atoms with Crippen molar-refractivity contribution in [2.24, 2.45) is 0 Å². The number of pyridine rings is 1. The molecule has 0 aliphatic rings. The van der Waals surface area contributed by atoms with Crippen molar-refractivity contribution in [2.45, 2.75) is 13.8 Å². The number of hydrogen-bond acceptors (Lipinski definition) is 6. The molecule has 0 radical (unpaired) electrons. The number of benzene rings is 2. The predicted molar refractivity (Wildman–Crippen MR) is 113 cm³/mol. The summed E-state index contributed by atoms with van der Waals surface area (Å²) < 4.78 is 11.0. The van der Waals surface area contributed by atoms with Crippen LogP contribution in [-0.4, -0.2) is 29.3 Å². The number of aryl methyl sites for hydroxylation is 1. The summed E-state index contributed by atoms with van der Waals surface area (Å²) in [5, 5.41) is 18.7. The number of anilines is 1. The Morgan fingerprint density at radius 2 is 1.83 bits per heavy atom. The lowest BCUT2D eigenvalue weighted by molar-refractivity contribution is -0.139. The highest BCUT2D eigenvalue weighted by molar-refractivity contribution is 5.91. The SMILES string of the molecule is CCOc1cc(-c2c(C#N)c(N)nc(C)c2-c2ccccc2)ccc1OCC(=O)O. The van der Waals surface area contributed by atoms with Gasteiger partial charge in [0.1, 0.15) is 17.5 Å². The quantitative estimate of drug-likeness (QED) is 0.611. The van der Waals surface area contributed by atoms with Crippen molar-refractivity contribution in [3.63, 3.8) is 0 Å². The number of aliphatic carboxylic acids is 1. The lowest BCUT2D eigenvalue weighted by Gasteiger charge is -2.18. The molecule has 1 aromatic heterocycles. The van der Waals surface area contributed by atoms with Gasteiger partial charge in [0.15, 0.2) is 18.1 Å². The van der Waals surface area contributed by atoms with E-state index < -0.39 is 12.6 Å². The van der Waals surface area contributed by atoms with E-state index in [-0.39, 0.29) is 11.4 Å². The summed E-state index contributed by atoms with van der Waals surface area (Å²) in [6, 6.07) is 16.9. The predicted octanol–water partition coefficient (Wildman–Crippen LogP) is 4.04. The molecule has 3 aromatic rings. The first-order valence-electron chi connectivity index (χ1n) is 9.33. The molecule has 0 atom stereocenters. The summed E-state index contributed by atoms with van der Waals surface area (Å²) in [5.74, 6) is -0.250. The Balaban J connectivity index is 2.25. The van der Waals surface area contributed by atoms with Gasteiger partial charge < -0.3 is 20.3 Å². The number of carboxylic acid groups (broad SMARTS) is 1. The number of carbonyl (C=O) groups is 1. The number of aromatic nitrogens is 1. The number of nitrogen functional groups attached to an aromatic ring is 1. The van der Waals surface area contributed by atoms with Crippen molar-refractivity contribution in [1.82, 2.24) is 4.98 Å². The largest absolute Gasteiger partial charge is 0.490 e. The smallest absolute Gasteiger partial charge is 0.341 e. The van der Waals surface area contributed by atoms with Crippen LogP contribution in [0.2, 0.25) is 0 Å². The second-order valence-corrected chi connectivity index (χ2v) is 6.46. The van der Waals surface area contributed by atoms with Crippen molar-refractivity contribution < 1.29 is 19.4 Å². The van der Waals surface area contributed by atoms with Gasteiger partial charge in [-0.2, -0.15) is 5.26 Å². The summed E-state index contributed by atoms with van der Waals surface area (Å²) >= 11 is 0. The molecule has 0 unspecified atom stereocenters. The molecule has 0 aliphatic heterocycles. The molecule has 3 N–H and O–H groups in total. The maximum Gasteiger partial charge on any atom is 0.341 e. The van der Waals surface area contributed by atoms with E-state index in [0.29, 0.717) is 34.9 Å². The zero-order valence-corrected chi connectivity index (χ0v) is 16.7. The summed E-state index contributed by atoms with van der Waals surface area (Å²) in [4.78, 5) is 15.2. The number of nitrogens with two attached hydrogens (primary N) is 1. The van der Waals surface area contributed by atoms with Crippen LogP contribution in [0.5, 0.6) is 11.5 Å². The van der Waals surface area contributed by atoms with E-state index in [4.69, 9.17) is 20.3 Å². The van der Waals surface area contributed by atoms with E-state index in [0.717, 1.165) is 11.1 Å². The Hall–Kier alpha value is -4.05. The minimum Gasteiger partial charge on any atom is -0.490 e. The molecule has 7 nitrogen and oxygen atoms in total. The van der Waals surface area contributed by atoms with E-state index in [2.05, 4.69) is 11.1 Å². The molecule has 0 aliphatic carbocycles. The van der Waals surface area contributed by atoms with Crippen LogP contribution < -0.4 is 15.2 Å². The maximum absolute atomic E-state index is 10.9. The fourth-order valence-electron chi connectivity index (χ4n) is 3.28. The fourth-order valence-corrected chi connectivity index (χ4v) is 3.28. The first-order valence-corrected chi connectivity index (χ1v) is 9.33. The molecule has 1 heterocycles. The Morgan fingerprint density at radius 1 is 1.10 bits per heavy atom. The molecule has 0 saturated heterocycles. The summed E-state index contributed by atoms with van der Waals surface area (Å²) in [5.41, 5.74) is 10.0. The minimum atomic E-state index is -1.09. The van der Waals surface area contributed by atoms with E-state index in [1.54, 1.807) is 18.2 Å². The van der Waals surface area contributed by atoms with Crippen LogP contribution >= 0.6 is 0 Å². The third-order valence-electron chi connectivity index (χ3n) is 4.46. The van der Waals surface area contributed by atoms with Crippen LogP contribution in [0.3, 0.4) is 0 Å². The molecule has 2 aromatic carbocycles. The van der Waals surface area contributed by atoms with Crippen LogP contribution in [0.1, 0.15) is 18.2 Å². The van der Waals surface area contributed by atoms with Crippen molar-refractivity contribution in [3.05, 3.63) is 59.8 Å². The van der Waals surface area contributed by atoms with Crippen molar-refractivity contribution in [3.8, 4) is 39.8 Å². The highest BCUT2D eigenvalue weighted by Gasteiger charge is 2.21. The first kappa shape index (κ1) is 20.7. The molecule has 0 amide bonds. The molecule has 0 spiro atoms. The molecule has 3 rings (SSSR count). The molecule has 30 heavy (non-hydrogen) atoms. The van der Waals surface area contributed by atoms with Crippen molar-refractivity contribution in [2.75, 3.05) is 18.9 Å². The summed E-state index contributed by atoms with van der Waals surface area (Å²) in [6.07, 6.45) is 0. The highest BCUT2D eigenvalue weighted by Crippen LogP contribution is 2.41. The first-order chi connectivity index (χ1) is 14.5. The number of hydrogen-bond donors (Lipinski definition) is 2. The molecular formula is C23H21N3O4. The van der Waals surface area contributed by atoms with Crippen molar-refractivity contribution in [1.29, 1.82) is 5.26 Å². The fraction of sp³-hybridized carbons (Fsp3) is 0.174. The molecule has 0 bridgehead atoms. The second kappa shape index (κ2) is 8.97. The summed E-state index contributed by atoms with van der Waals surface area (Å²) in [6.45, 7) is 3.54. The van der Waals surface area contributed by atoms with Gasteiger partial charge in [-0.05, 0) is 37.1 Å². The van der Waals surface area contributed by atoms with E-state index in [9.17, 15) is 10.1 Å². The molecule has 7 heteroatoms. The van der Waals surface area contributed by atoms with E-state index in [1.165, 1.54) is 0 Å². The zero-order valence-electron chi connectivity index (χ0n) is 16.7. The van der Waals surface area contributed by atoms with Crippen LogP contribution in [0.4, 0.5) is 5.82 Å². The number of nitrogens with zero attached hydrogens (tertiary/aromatic N) is 2. The Kier molecular flexibility index (Phi) is 6.18. The van der Waals surface area contributed by atoms with Crippen LogP contribution in [0.25, 0.3) is 22.3 Å². The standard InChI is InChI=1S/C23H21N3O4/c1-3-29-19-11-16(9-10-18(19)30-13-20(27)28)22-17(12-24)23(25)26-14(2)21(22)15-7-5-4-6-8-15/h4-11H,3,13H2,1-2H3,(H2,25,26)(H,27,28). The third-order valence-corrected chi connectivity index (χ3v) is 4.46. The van der Waals surface area contributed by atoms with Gasteiger partial charge in [-0.15, -0.1) is 0 Å². The Morgan fingerprint density at radius 3 is 2.47 bits per heavy atom. The molecular weight excluding hydrogens is 382 g/mol. The lowest BCUT2D eigenvalue weighted by atomic mass is 9.90. The average Bonchev–Trinajstić information content (AvgIpc) is 2.73. The van der Waals surface area contributed by atoms with Gasteiger partial charge in [-0.1, -0.05) is 36.4 Å². The van der Waals surface area contributed by atoms with Crippen molar-refractivity contribution >= 4 is 11.8 Å². The molecule has 152 valence electrons. The van der Waals surface area contributed by atoms with Gasteiger partial charge in [-0.25, -0.2) is 9.78 Å². The Bertz CT molecular complexity index is 1120. The lowest BCUT2D eigenvalue weighted by Crippen LogP contribution is -2.10. The topological polar surface area (TPSA) is 118 Å². The van der Waals surface area contributed by atoms with Gasteiger partial charge in [0.25, 0.3) is 0 Å². The second-order valence-electron chi connectivity index (χ2n) is 6.46. The van der Waals surface area contributed by atoms with Gasteiger partial charge in [-0.3, -0.25) is 0 Å². The maximum atomic E-state index is 10.9. The number of ether oxygens (including phenoxy) is 2. The monoisotopic (exact) mass is 403 g/mol. The van der Waals surface area contributed by atoms with Crippen LogP contribution in [0, 0.1) is 18.3 Å². The number of carboxylic acids is 1. The third kappa shape index (κ3) is 4.18. The Labute approximate surface area is 174 Å². The van der Waals surface area contributed by atoms with Gasteiger partial charge in [0.2, 0.25) is 0 Å². The van der Waals surface area contributed by atoms with Crippen LogP contribution in [-0.2, 0) is 4.79 Å². The zero-order chi connectivity index (χ0) is 21.7. The average molecular weight is 403 g/mol. The minimum absolute atomic E-state index is 0.147. The number of rotatable bonds is 7. The van der Waals surface area contributed by atoms with Crippen LogP contribution in [0.15, 0.2) is 48.5 Å². The van der Waals surface area contributed by atoms with Gasteiger partial charge in [0, 0.05) is 16.8 Å².